The third-order valence-corrected chi connectivity index (χ3v) is 9.43. The molecule has 1 aliphatic rings. The second-order valence-corrected chi connectivity index (χ2v) is 13.1. The van der Waals surface area contributed by atoms with E-state index in [0.29, 0.717) is 11.5 Å². The van der Waals surface area contributed by atoms with Crippen LogP contribution < -0.4 is 0 Å². The van der Waals surface area contributed by atoms with Crippen molar-refractivity contribution in [3.8, 4) is 33.9 Å². The summed E-state index contributed by atoms with van der Waals surface area (Å²) in [6, 6.07) is 45.5. The van der Waals surface area contributed by atoms with Gasteiger partial charge < -0.3 is 19.3 Å². The molecule has 8 rings (SSSR count). The van der Waals surface area contributed by atoms with E-state index in [0.717, 1.165) is 57.6 Å². The van der Waals surface area contributed by atoms with Gasteiger partial charge in [-0.15, -0.1) is 0 Å². The van der Waals surface area contributed by atoms with E-state index in [-0.39, 0.29) is 5.56 Å². The van der Waals surface area contributed by atoms with E-state index >= 15 is 0 Å². The first-order valence-electron chi connectivity index (χ1n) is 16.9. The van der Waals surface area contributed by atoms with Gasteiger partial charge in [0.05, 0.1) is 28.0 Å². The van der Waals surface area contributed by atoms with Gasteiger partial charge in [0, 0.05) is 22.5 Å². The van der Waals surface area contributed by atoms with Crippen molar-refractivity contribution >= 4 is 22.8 Å². The minimum atomic E-state index is -0.921. The molecule has 248 valence electrons. The Morgan fingerprint density at radius 2 is 1.18 bits per heavy atom. The summed E-state index contributed by atoms with van der Waals surface area (Å²) in [7, 11) is 0. The molecule has 50 heavy (non-hydrogen) atoms. The summed E-state index contributed by atoms with van der Waals surface area (Å²) in [6.07, 6.45) is 3.28. The SMILES string of the molecule is CC1CCc2c(cc(-c3ccccc3)n2-c2cccc(C(=O)O)c2)C1.Cc1ccc2c(c1)cc(-c1ccccc1)n2-c1cccc(C(=O)O)c1. The van der Waals surface area contributed by atoms with Crippen molar-refractivity contribution in [1.82, 2.24) is 9.13 Å². The van der Waals surface area contributed by atoms with Crippen LogP contribution in [0.3, 0.4) is 0 Å². The van der Waals surface area contributed by atoms with Gasteiger partial charge in [-0.2, -0.15) is 0 Å². The van der Waals surface area contributed by atoms with Gasteiger partial charge in [0.15, 0.2) is 0 Å². The number of benzene rings is 5. The van der Waals surface area contributed by atoms with Crippen molar-refractivity contribution in [2.75, 3.05) is 0 Å². The lowest BCUT2D eigenvalue weighted by Gasteiger charge is -2.21. The van der Waals surface area contributed by atoms with Crippen LogP contribution in [0.1, 0.15) is 50.9 Å². The van der Waals surface area contributed by atoms with E-state index < -0.39 is 11.9 Å². The number of hydrogen-bond donors (Lipinski definition) is 2. The molecule has 6 heteroatoms. The third kappa shape index (κ3) is 6.48. The first-order valence-corrected chi connectivity index (χ1v) is 16.9. The molecule has 0 saturated heterocycles. The van der Waals surface area contributed by atoms with Gasteiger partial charge in [-0.3, -0.25) is 0 Å². The fourth-order valence-corrected chi connectivity index (χ4v) is 7.02. The van der Waals surface area contributed by atoms with Gasteiger partial charge in [-0.1, -0.05) is 91.3 Å². The fourth-order valence-electron chi connectivity index (χ4n) is 7.02. The average molecular weight is 659 g/mol. The second-order valence-electron chi connectivity index (χ2n) is 13.1. The zero-order chi connectivity index (χ0) is 34.8. The molecule has 0 radical (unpaired) electrons. The maximum atomic E-state index is 11.4. The Morgan fingerprint density at radius 1 is 0.620 bits per heavy atom. The molecule has 0 aliphatic heterocycles. The van der Waals surface area contributed by atoms with Crippen molar-refractivity contribution < 1.29 is 19.8 Å². The van der Waals surface area contributed by atoms with Gasteiger partial charge in [-0.05, 0) is 109 Å². The van der Waals surface area contributed by atoms with Crippen LogP contribution in [0.15, 0.2) is 140 Å². The number of carboxylic acids is 2. The molecular formula is C44H38N2O4. The molecule has 5 aromatic carbocycles. The smallest absolute Gasteiger partial charge is 0.335 e. The summed E-state index contributed by atoms with van der Waals surface area (Å²) < 4.78 is 4.37. The number of fused-ring (bicyclic) bond motifs is 2. The zero-order valence-electron chi connectivity index (χ0n) is 28.1. The largest absolute Gasteiger partial charge is 0.478 e. The molecule has 6 nitrogen and oxygen atoms in total. The van der Waals surface area contributed by atoms with E-state index in [1.54, 1.807) is 30.3 Å². The van der Waals surface area contributed by atoms with Crippen molar-refractivity contribution in [1.29, 1.82) is 0 Å². The third-order valence-electron chi connectivity index (χ3n) is 9.43. The number of rotatable bonds is 6. The maximum Gasteiger partial charge on any atom is 0.335 e. The van der Waals surface area contributed by atoms with Gasteiger partial charge in [-0.25, -0.2) is 9.59 Å². The van der Waals surface area contributed by atoms with Gasteiger partial charge in [0.1, 0.15) is 0 Å². The number of aromatic carboxylic acids is 2. The minimum Gasteiger partial charge on any atom is -0.478 e. The molecule has 0 bridgehead atoms. The highest BCUT2D eigenvalue weighted by Crippen LogP contribution is 2.36. The van der Waals surface area contributed by atoms with Crippen LogP contribution in [0, 0.1) is 12.8 Å². The molecule has 0 saturated carbocycles. The predicted octanol–water partition coefficient (Wildman–Crippen LogP) is 10.3. The average Bonchev–Trinajstić information content (AvgIpc) is 3.71. The van der Waals surface area contributed by atoms with E-state index in [9.17, 15) is 19.8 Å². The topological polar surface area (TPSA) is 84.5 Å². The van der Waals surface area contributed by atoms with E-state index in [4.69, 9.17) is 0 Å². The zero-order valence-corrected chi connectivity index (χ0v) is 28.1. The molecule has 0 spiro atoms. The molecule has 2 heterocycles. The molecule has 1 atom stereocenters. The fraction of sp³-hybridized carbons (Fsp3) is 0.136. The van der Waals surface area contributed by atoms with E-state index in [1.807, 2.05) is 54.6 Å². The normalized spacial score (nSPS) is 13.7. The number of nitrogens with zero attached hydrogens (tertiary/aromatic N) is 2. The van der Waals surface area contributed by atoms with Gasteiger partial charge >= 0.3 is 11.9 Å². The van der Waals surface area contributed by atoms with Gasteiger partial charge in [0.25, 0.3) is 0 Å². The number of carboxylic acid groups (broad SMARTS) is 2. The first-order chi connectivity index (χ1) is 24.3. The molecule has 0 fully saturated rings. The Balaban J connectivity index is 0.000000157. The summed E-state index contributed by atoms with van der Waals surface area (Å²) in [5, 5.41) is 19.8. The Kier molecular flexibility index (Phi) is 8.92. The summed E-state index contributed by atoms with van der Waals surface area (Å²) >= 11 is 0. The first kappa shape index (κ1) is 32.4. The van der Waals surface area contributed by atoms with Crippen LogP contribution in [0.5, 0.6) is 0 Å². The number of aryl methyl sites for hydroxylation is 1. The summed E-state index contributed by atoms with van der Waals surface area (Å²) in [4.78, 5) is 22.8. The highest BCUT2D eigenvalue weighted by atomic mass is 16.4. The summed E-state index contributed by atoms with van der Waals surface area (Å²) in [5.41, 5.74) is 11.8. The lowest BCUT2D eigenvalue weighted by molar-refractivity contribution is 0.0686. The number of hydrogen-bond acceptors (Lipinski definition) is 2. The monoisotopic (exact) mass is 658 g/mol. The van der Waals surface area contributed by atoms with Crippen molar-refractivity contribution in [2.45, 2.75) is 33.1 Å². The molecular weight excluding hydrogens is 620 g/mol. The maximum absolute atomic E-state index is 11.4. The minimum absolute atomic E-state index is 0.283. The lowest BCUT2D eigenvalue weighted by Crippen LogP contribution is -2.13. The van der Waals surface area contributed by atoms with Crippen LogP contribution in [0.2, 0.25) is 0 Å². The summed E-state index contributed by atoms with van der Waals surface area (Å²) in [6.45, 7) is 4.37. The quantitative estimate of drug-likeness (QED) is 0.186. The van der Waals surface area contributed by atoms with Crippen molar-refractivity contribution in [3.63, 3.8) is 0 Å². The van der Waals surface area contributed by atoms with Crippen molar-refractivity contribution in [3.05, 3.63) is 167 Å². The van der Waals surface area contributed by atoms with Crippen LogP contribution >= 0.6 is 0 Å². The highest BCUT2D eigenvalue weighted by molar-refractivity contribution is 5.92. The molecule has 0 amide bonds. The Bertz CT molecular complexity index is 2330. The van der Waals surface area contributed by atoms with E-state index in [2.05, 4.69) is 77.6 Å². The van der Waals surface area contributed by atoms with Crippen LogP contribution in [0.25, 0.3) is 44.8 Å². The number of aromatic nitrogens is 2. The Hall–Kier alpha value is -6.14. The Labute approximate surface area is 291 Å². The summed E-state index contributed by atoms with van der Waals surface area (Å²) in [5.74, 6) is -1.12. The number of carbonyl (C=O) groups is 2. The molecule has 7 aromatic rings. The molecule has 1 aliphatic carbocycles. The lowest BCUT2D eigenvalue weighted by atomic mass is 9.89. The second kappa shape index (κ2) is 13.8. The van der Waals surface area contributed by atoms with Crippen LogP contribution in [0.4, 0.5) is 0 Å². The van der Waals surface area contributed by atoms with Crippen LogP contribution in [-0.2, 0) is 12.8 Å². The molecule has 1 unspecified atom stereocenters. The van der Waals surface area contributed by atoms with Gasteiger partial charge in [0.2, 0.25) is 0 Å². The molecule has 2 aromatic heterocycles. The molecule has 2 N–H and O–H groups in total. The predicted molar refractivity (Wildman–Crippen MR) is 200 cm³/mol. The highest BCUT2D eigenvalue weighted by Gasteiger charge is 2.23. The Morgan fingerprint density at radius 3 is 1.76 bits per heavy atom. The standard InChI is InChI=1S/C22H21NO2.C22H17NO2/c2*1-15-10-11-20-18(12-15)14-21(16-6-3-2-4-7-16)23(20)19-9-5-8-17(13-19)22(24)25/h2-9,13-15H,10-12H2,1H3,(H,24,25);2-14H,1H3,(H,24,25). The van der Waals surface area contributed by atoms with E-state index in [1.165, 1.54) is 23.2 Å². The van der Waals surface area contributed by atoms with Crippen molar-refractivity contribution in [2.24, 2.45) is 5.92 Å². The van der Waals surface area contributed by atoms with Crippen LogP contribution in [-0.4, -0.2) is 31.3 Å².